The summed E-state index contributed by atoms with van der Waals surface area (Å²) in [5.41, 5.74) is 4.22. The van der Waals surface area contributed by atoms with Gasteiger partial charge in [0.25, 0.3) is 5.91 Å². The smallest absolute Gasteiger partial charge is 0.259 e. The summed E-state index contributed by atoms with van der Waals surface area (Å²) in [5, 5.41) is 7.01. The molecule has 104 valence electrons. The first kappa shape index (κ1) is 16.7. The molecule has 1 aromatic rings. The Kier molecular flexibility index (Phi) is 7.02. The van der Waals surface area contributed by atoms with E-state index in [9.17, 15) is 4.79 Å². The monoisotopic (exact) mass is 453 g/mol. The van der Waals surface area contributed by atoms with Crippen molar-refractivity contribution in [2.75, 3.05) is 11.9 Å². The van der Waals surface area contributed by atoms with Crippen LogP contribution in [0.2, 0.25) is 0 Å². The molecule has 1 aromatic carbocycles. The number of amides is 1. The largest absolute Gasteiger partial charge is 0.374 e. The standard InChI is InChI=1S/C12H14Br3N3O/c1-3-7(2)17-18-11(19)6-16-12-9(14)4-8(13)5-10(12)15/h4-5,16H,3,6H2,1-2H3,(H,18,19). The molecule has 0 radical (unpaired) electrons. The van der Waals surface area contributed by atoms with Gasteiger partial charge in [-0.2, -0.15) is 5.10 Å². The van der Waals surface area contributed by atoms with Crippen LogP contribution in [0.15, 0.2) is 30.7 Å². The van der Waals surface area contributed by atoms with Crippen LogP contribution in [0.1, 0.15) is 20.3 Å². The fourth-order valence-corrected chi connectivity index (χ4v) is 3.70. The number of nitrogens with one attached hydrogen (secondary N) is 2. The van der Waals surface area contributed by atoms with Gasteiger partial charge in [0.15, 0.2) is 0 Å². The quantitative estimate of drug-likeness (QED) is 0.514. The Morgan fingerprint density at radius 2 is 1.84 bits per heavy atom. The lowest BCUT2D eigenvalue weighted by atomic mass is 10.3. The van der Waals surface area contributed by atoms with Gasteiger partial charge in [0, 0.05) is 19.1 Å². The van der Waals surface area contributed by atoms with E-state index in [1.54, 1.807) is 0 Å². The van der Waals surface area contributed by atoms with Crippen molar-refractivity contribution >= 4 is 65.1 Å². The van der Waals surface area contributed by atoms with Gasteiger partial charge in [0.2, 0.25) is 0 Å². The van der Waals surface area contributed by atoms with Gasteiger partial charge >= 0.3 is 0 Å². The number of hydrogen-bond acceptors (Lipinski definition) is 3. The number of carbonyl (C=O) groups is 1. The summed E-state index contributed by atoms with van der Waals surface area (Å²) in [5.74, 6) is -0.186. The fraction of sp³-hybridized carbons (Fsp3) is 0.333. The zero-order valence-corrected chi connectivity index (χ0v) is 15.3. The highest BCUT2D eigenvalue weighted by atomic mass is 79.9. The molecule has 4 nitrogen and oxygen atoms in total. The Labute approximate surface area is 137 Å². The van der Waals surface area contributed by atoms with Gasteiger partial charge in [0.1, 0.15) is 0 Å². The molecule has 0 spiro atoms. The number of rotatable bonds is 5. The lowest BCUT2D eigenvalue weighted by molar-refractivity contribution is -0.119. The zero-order valence-electron chi connectivity index (χ0n) is 10.6. The summed E-state index contributed by atoms with van der Waals surface area (Å²) in [6.07, 6.45) is 0.817. The van der Waals surface area contributed by atoms with Crippen LogP contribution < -0.4 is 10.7 Å². The summed E-state index contributed by atoms with van der Waals surface area (Å²) in [4.78, 5) is 11.6. The molecule has 0 unspecified atom stereocenters. The highest BCUT2D eigenvalue weighted by Gasteiger charge is 2.08. The third-order valence-electron chi connectivity index (χ3n) is 2.32. The van der Waals surface area contributed by atoms with Gasteiger partial charge in [-0.1, -0.05) is 22.9 Å². The van der Waals surface area contributed by atoms with Crippen LogP contribution in [-0.4, -0.2) is 18.2 Å². The SMILES string of the molecule is CCC(C)=NNC(=O)CNc1c(Br)cc(Br)cc1Br. The number of halogens is 3. The van der Waals surface area contributed by atoms with E-state index in [4.69, 9.17) is 0 Å². The Morgan fingerprint density at radius 3 is 2.37 bits per heavy atom. The first-order valence-electron chi connectivity index (χ1n) is 5.64. The molecule has 7 heteroatoms. The van der Waals surface area contributed by atoms with Gasteiger partial charge in [-0.15, -0.1) is 0 Å². The maximum Gasteiger partial charge on any atom is 0.259 e. The van der Waals surface area contributed by atoms with Gasteiger partial charge < -0.3 is 5.32 Å². The summed E-state index contributed by atoms with van der Waals surface area (Å²) in [7, 11) is 0. The second kappa shape index (κ2) is 8.01. The molecule has 19 heavy (non-hydrogen) atoms. The number of hydrogen-bond donors (Lipinski definition) is 2. The molecule has 0 fully saturated rings. The van der Waals surface area contributed by atoms with E-state index in [0.29, 0.717) is 0 Å². The Hall–Kier alpha value is -0.400. The zero-order chi connectivity index (χ0) is 14.4. The Morgan fingerprint density at radius 1 is 1.26 bits per heavy atom. The molecule has 0 aromatic heterocycles. The topological polar surface area (TPSA) is 53.5 Å². The molecule has 0 aliphatic carbocycles. The molecule has 0 bridgehead atoms. The van der Waals surface area contributed by atoms with E-state index in [1.165, 1.54) is 0 Å². The average Bonchev–Trinajstić information content (AvgIpc) is 2.34. The van der Waals surface area contributed by atoms with E-state index < -0.39 is 0 Å². The minimum Gasteiger partial charge on any atom is -0.374 e. The number of carbonyl (C=O) groups excluding carboxylic acids is 1. The van der Waals surface area contributed by atoms with Gasteiger partial charge in [-0.05, 0) is 57.3 Å². The third kappa shape index (κ3) is 5.62. The third-order valence-corrected chi connectivity index (χ3v) is 4.02. The predicted octanol–water partition coefficient (Wildman–Crippen LogP) is 4.29. The Balaban J connectivity index is 2.60. The van der Waals surface area contributed by atoms with Crippen molar-refractivity contribution in [2.24, 2.45) is 5.10 Å². The van der Waals surface area contributed by atoms with Crippen molar-refractivity contribution in [3.63, 3.8) is 0 Å². The summed E-state index contributed by atoms with van der Waals surface area (Å²) < 4.78 is 2.69. The molecule has 1 rings (SSSR count). The van der Waals surface area contributed by atoms with Crippen LogP contribution >= 0.6 is 47.8 Å². The van der Waals surface area contributed by atoms with Crippen molar-refractivity contribution in [3.05, 3.63) is 25.6 Å². The molecule has 1 amide bonds. The van der Waals surface area contributed by atoms with Crippen LogP contribution in [0.3, 0.4) is 0 Å². The second-order valence-electron chi connectivity index (χ2n) is 3.83. The van der Waals surface area contributed by atoms with E-state index in [-0.39, 0.29) is 12.5 Å². The van der Waals surface area contributed by atoms with E-state index in [1.807, 2.05) is 26.0 Å². The lowest BCUT2D eigenvalue weighted by Crippen LogP contribution is -2.26. The van der Waals surface area contributed by atoms with Crippen LogP contribution in [0.5, 0.6) is 0 Å². The molecule has 0 saturated carbocycles. The minimum atomic E-state index is -0.186. The van der Waals surface area contributed by atoms with Crippen LogP contribution in [0.4, 0.5) is 5.69 Å². The number of benzene rings is 1. The molecule has 0 saturated heterocycles. The Bertz CT molecular complexity index is 480. The normalized spacial score (nSPS) is 11.3. The molecular weight excluding hydrogens is 442 g/mol. The summed E-state index contributed by atoms with van der Waals surface area (Å²) in [6.45, 7) is 4.01. The average molecular weight is 456 g/mol. The van der Waals surface area contributed by atoms with Crippen LogP contribution in [0.25, 0.3) is 0 Å². The summed E-state index contributed by atoms with van der Waals surface area (Å²) in [6, 6.07) is 3.81. The highest BCUT2D eigenvalue weighted by molar-refractivity contribution is 9.11. The molecule has 0 atom stereocenters. The number of nitrogens with zero attached hydrogens (tertiary/aromatic N) is 1. The van der Waals surface area contributed by atoms with Crippen molar-refractivity contribution < 1.29 is 4.79 Å². The first-order valence-corrected chi connectivity index (χ1v) is 8.02. The van der Waals surface area contributed by atoms with Gasteiger partial charge in [-0.3, -0.25) is 4.79 Å². The molecular formula is C12H14Br3N3O. The minimum absolute atomic E-state index is 0.152. The van der Waals surface area contributed by atoms with Crippen LogP contribution in [0, 0.1) is 0 Å². The maximum atomic E-state index is 11.6. The highest BCUT2D eigenvalue weighted by Crippen LogP contribution is 2.34. The van der Waals surface area contributed by atoms with Crippen molar-refractivity contribution in [1.82, 2.24) is 5.43 Å². The van der Waals surface area contributed by atoms with E-state index in [2.05, 4.69) is 63.6 Å². The molecule has 2 N–H and O–H groups in total. The van der Waals surface area contributed by atoms with E-state index >= 15 is 0 Å². The fourth-order valence-electron chi connectivity index (χ4n) is 1.16. The second-order valence-corrected chi connectivity index (χ2v) is 6.46. The van der Waals surface area contributed by atoms with Crippen molar-refractivity contribution in [1.29, 1.82) is 0 Å². The number of anilines is 1. The summed E-state index contributed by atoms with van der Waals surface area (Å²) >= 11 is 10.3. The molecule has 0 aliphatic heterocycles. The van der Waals surface area contributed by atoms with Gasteiger partial charge in [0.05, 0.1) is 12.2 Å². The van der Waals surface area contributed by atoms with Crippen LogP contribution in [-0.2, 0) is 4.79 Å². The molecule has 0 heterocycles. The van der Waals surface area contributed by atoms with Crippen molar-refractivity contribution in [3.8, 4) is 0 Å². The number of hydrazone groups is 1. The lowest BCUT2D eigenvalue weighted by Gasteiger charge is -2.10. The van der Waals surface area contributed by atoms with Gasteiger partial charge in [-0.25, -0.2) is 5.43 Å². The van der Waals surface area contributed by atoms with Crippen molar-refractivity contribution in [2.45, 2.75) is 20.3 Å². The first-order chi connectivity index (χ1) is 8.93. The molecule has 0 aliphatic rings. The predicted molar refractivity (Wildman–Crippen MR) is 89.6 cm³/mol. The maximum absolute atomic E-state index is 11.6. The van der Waals surface area contributed by atoms with E-state index in [0.717, 1.165) is 31.2 Å².